The fourth-order valence-corrected chi connectivity index (χ4v) is 2.37. The average molecular weight is 256 g/mol. The molecule has 0 spiro atoms. The quantitative estimate of drug-likeness (QED) is 0.713. The molecule has 0 heterocycles. The number of ether oxygens (including phenoxy) is 1. The van der Waals surface area contributed by atoms with Gasteiger partial charge < -0.3 is 15.8 Å². The SMILES string of the molecule is COC(=O)[C@H](CC(C)C)NC(=O)C1CCC(N)C1. The molecular weight excluding hydrogens is 232 g/mol. The lowest BCUT2D eigenvalue weighted by Crippen LogP contribution is -2.44. The molecule has 0 aromatic carbocycles. The average Bonchev–Trinajstić information content (AvgIpc) is 2.73. The highest BCUT2D eigenvalue weighted by Crippen LogP contribution is 2.24. The van der Waals surface area contributed by atoms with Crippen molar-refractivity contribution < 1.29 is 14.3 Å². The minimum Gasteiger partial charge on any atom is -0.467 e. The predicted molar refractivity (Wildman–Crippen MR) is 68.7 cm³/mol. The van der Waals surface area contributed by atoms with Crippen molar-refractivity contribution in [3.63, 3.8) is 0 Å². The number of carbonyl (C=O) groups excluding carboxylic acids is 2. The zero-order valence-electron chi connectivity index (χ0n) is 11.4. The summed E-state index contributed by atoms with van der Waals surface area (Å²) in [6.07, 6.45) is 2.99. The van der Waals surface area contributed by atoms with Gasteiger partial charge in [0.15, 0.2) is 0 Å². The molecule has 3 N–H and O–H groups in total. The summed E-state index contributed by atoms with van der Waals surface area (Å²) in [5.74, 6) is -0.183. The van der Waals surface area contributed by atoms with Crippen molar-refractivity contribution in [2.75, 3.05) is 7.11 Å². The zero-order chi connectivity index (χ0) is 13.7. The monoisotopic (exact) mass is 256 g/mol. The third-order valence-corrected chi connectivity index (χ3v) is 3.35. The molecule has 1 saturated carbocycles. The lowest BCUT2D eigenvalue weighted by molar-refractivity contribution is -0.146. The van der Waals surface area contributed by atoms with Crippen molar-refractivity contribution in [3.8, 4) is 0 Å². The number of methoxy groups -OCH3 is 1. The van der Waals surface area contributed by atoms with Gasteiger partial charge in [0.05, 0.1) is 7.11 Å². The molecule has 2 unspecified atom stereocenters. The fraction of sp³-hybridized carbons (Fsp3) is 0.846. The van der Waals surface area contributed by atoms with Gasteiger partial charge in [0.1, 0.15) is 6.04 Å². The number of nitrogens with one attached hydrogen (secondary N) is 1. The zero-order valence-corrected chi connectivity index (χ0v) is 11.4. The van der Waals surface area contributed by atoms with E-state index in [1.807, 2.05) is 13.8 Å². The first kappa shape index (κ1) is 15.0. The van der Waals surface area contributed by atoms with E-state index in [1.165, 1.54) is 7.11 Å². The van der Waals surface area contributed by atoms with Gasteiger partial charge in [-0.2, -0.15) is 0 Å². The first-order chi connectivity index (χ1) is 8.43. The number of hydrogen-bond acceptors (Lipinski definition) is 4. The van der Waals surface area contributed by atoms with Gasteiger partial charge in [-0.1, -0.05) is 13.8 Å². The normalized spacial score (nSPS) is 24.9. The second-order valence-electron chi connectivity index (χ2n) is 5.48. The Bertz CT molecular complexity index is 305. The van der Waals surface area contributed by atoms with E-state index in [1.54, 1.807) is 0 Å². The first-order valence-corrected chi connectivity index (χ1v) is 6.57. The first-order valence-electron chi connectivity index (χ1n) is 6.57. The van der Waals surface area contributed by atoms with E-state index < -0.39 is 6.04 Å². The van der Waals surface area contributed by atoms with Gasteiger partial charge in [0.2, 0.25) is 5.91 Å². The molecule has 1 aliphatic carbocycles. The Labute approximate surface area is 108 Å². The van der Waals surface area contributed by atoms with Gasteiger partial charge in [0.25, 0.3) is 0 Å². The van der Waals surface area contributed by atoms with E-state index >= 15 is 0 Å². The van der Waals surface area contributed by atoms with Crippen molar-refractivity contribution in [1.29, 1.82) is 0 Å². The Kier molecular flexibility index (Phi) is 5.59. The molecule has 0 bridgehead atoms. The Morgan fingerprint density at radius 1 is 1.39 bits per heavy atom. The minimum atomic E-state index is -0.542. The van der Waals surface area contributed by atoms with Crippen LogP contribution in [0.1, 0.15) is 39.5 Å². The summed E-state index contributed by atoms with van der Waals surface area (Å²) in [6, 6.07) is -0.429. The van der Waals surface area contributed by atoms with E-state index in [-0.39, 0.29) is 23.8 Å². The maximum absolute atomic E-state index is 12.0. The summed E-state index contributed by atoms with van der Waals surface area (Å²) in [5, 5.41) is 2.79. The number of rotatable bonds is 5. The summed E-state index contributed by atoms with van der Waals surface area (Å²) in [7, 11) is 1.34. The van der Waals surface area contributed by atoms with Crippen LogP contribution in [0, 0.1) is 11.8 Å². The Hall–Kier alpha value is -1.10. The molecule has 0 radical (unpaired) electrons. The molecule has 1 rings (SSSR count). The Morgan fingerprint density at radius 3 is 2.50 bits per heavy atom. The molecule has 5 heteroatoms. The van der Waals surface area contributed by atoms with Gasteiger partial charge in [-0.15, -0.1) is 0 Å². The van der Waals surface area contributed by atoms with Crippen molar-refractivity contribution in [2.24, 2.45) is 17.6 Å². The van der Waals surface area contributed by atoms with Crippen LogP contribution in [0.4, 0.5) is 0 Å². The summed E-state index contributed by atoms with van der Waals surface area (Å²) in [6.45, 7) is 4.02. The molecule has 18 heavy (non-hydrogen) atoms. The number of hydrogen-bond donors (Lipinski definition) is 2. The predicted octanol–water partition coefficient (Wildman–Crippen LogP) is 0.818. The molecule has 3 atom stereocenters. The smallest absolute Gasteiger partial charge is 0.328 e. The highest BCUT2D eigenvalue weighted by molar-refractivity contribution is 5.85. The van der Waals surface area contributed by atoms with E-state index in [2.05, 4.69) is 5.32 Å². The van der Waals surface area contributed by atoms with Gasteiger partial charge in [-0.3, -0.25) is 4.79 Å². The lowest BCUT2D eigenvalue weighted by Gasteiger charge is -2.20. The van der Waals surface area contributed by atoms with Crippen LogP contribution < -0.4 is 11.1 Å². The fourth-order valence-electron chi connectivity index (χ4n) is 2.37. The van der Waals surface area contributed by atoms with Crippen LogP contribution in [0.15, 0.2) is 0 Å². The van der Waals surface area contributed by atoms with Crippen LogP contribution in [0.2, 0.25) is 0 Å². The molecule has 5 nitrogen and oxygen atoms in total. The molecule has 1 fully saturated rings. The van der Waals surface area contributed by atoms with E-state index in [9.17, 15) is 9.59 Å². The van der Waals surface area contributed by atoms with E-state index in [0.29, 0.717) is 18.8 Å². The summed E-state index contributed by atoms with van der Waals surface area (Å²) < 4.78 is 4.72. The van der Waals surface area contributed by atoms with Crippen molar-refractivity contribution in [1.82, 2.24) is 5.32 Å². The highest BCUT2D eigenvalue weighted by atomic mass is 16.5. The Morgan fingerprint density at radius 2 is 2.06 bits per heavy atom. The Balaban J connectivity index is 2.54. The lowest BCUT2D eigenvalue weighted by atomic mass is 10.0. The topological polar surface area (TPSA) is 81.4 Å². The van der Waals surface area contributed by atoms with Crippen molar-refractivity contribution >= 4 is 11.9 Å². The van der Waals surface area contributed by atoms with E-state index in [0.717, 1.165) is 12.8 Å². The summed E-state index contributed by atoms with van der Waals surface area (Å²) in [4.78, 5) is 23.6. The van der Waals surface area contributed by atoms with Crippen molar-refractivity contribution in [2.45, 2.75) is 51.6 Å². The van der Waals surface area contributed by atoms with Gasteiger partial charge in [-0.25, -0.2) is 4.79 Å². The van der Waals surface area contributed by atoms with Gasteiger partial charge >= 0.3 is 5.97 Å². The maximum atomic E-state index is 12.0. The van der Waals surface area contributed by atoms with Crippen LogP contribution in [0.5, 0.6) is 0 Å². The molecule has 1 amide bonds. The summed E-state index contributed by atoms with van der Waals surface area (Å²) in [5.41, 5.74) is 5.79. The third kappa shape index (κ3) is 4.29. The molecule has 0 aromatic heterocycles. The second kappa shape index (κ2) is 6.73. The van der Waals surface area contributed by atoms with E-state index in [4.69, 9.17) is 10.5 Å². The maximum Gasteiger partial charge on any atom is 0.328 e. The van der Waals surface area contributed by atoms with Crippen molar-refractivity contribution in [3.05, 3.63) is 0 Å². The molecular formula is C13H24N2O3. The summed E-state index contributed by atoms with van der Waals surface area (Å²) >= 11 is 0. The molecule has 104 valence electrons. The van der Waals surface area contributed by atoms with Crippen LogP contribution in [0.25, 0.3) is 0 Å². The second-order valence-corrected chi connectivity index (χ2v) is 5.48. The van der Waals surface area contributed by atoms with Crippen LogP contribution in [0.3, 0.4) is 0 Å². The highest BCUT2D eigenvalue weighted by Gasteiger charge is 2.31. The standard InChI is InChI=1S/C13H24N2O3/c1-8(2)6-11(13(17)18-3)15-12(16)9-4-5-10(14)7-9/h8-11H,4-7,14H2,1-3H3,(H,15,16)/t9?,10?,11-/m0/s1. The van der Waals surface area contributed by atoms with Gasteiger partial charge in [-0.05, 0) is 31.6 Å². The molecule has 1 aliphatic rings. The third-order valence-electron chi connectivity index (χ3n) is 3.35. The number of esters is 1. The number of amides is 1. The van der Waals surface area contributed by atoms with Gasteiger partial charge in [0, 0.05) is 12.0 Å². The molecule has 0 aliphatic heterocycles. The minimum absolute atomic E-state index is 0.0562. The molecule has 0 aromatic rings. The van der Waals surface area contributed by atoms with Crippen LogP contribution >= 0.6 is 0 Å². The largest absolute Gasteiger partial charge is 0.467 e. The van der Waals surface area contributed by atoms with Crippen LogP contribution in [-0.2, 0) is 14.3 Å². The van der Waals surface area contributed by atoms with Crippen LogP contribution in [-0.4, -0.2) is 31.1 Å². The number of carbonyl (C=O) groups is 2. The molecule has 0 saturated heterocycles. The number of nitrogens with two attached hydrogens (primary N) is 1.